The number of amides is 1. The molecular formula is C16H22F2N2O3. The van der Waals surface area contributed by atoms with Crippen molar-refractivity contribution in [2.75, 3.05) is 13.1 Å². The zero-order valence-corrected chi connectivity index (χ0v) is 13.5. The van der Waals surface area contributed by atoms with Gasteiger partial charge < -0.3 is 10.4 Å². The second-order valence-electron chi connectivity index (χ2n) is 5.77. The molecule has 0 fully saturated rings. The molecule has 1 unspecified atom stereocenters. The van der Waals surface area contributed by atoms with Crippen LogP contribution in [0.15, 0.2) is 18.2 Å². The van der Waals surface area contributed by atoms with Crippen LogP contribution in [0.5, 0.6) is 0 Å². The van der Waals surface area contributed by atoms with Crippen molar-refractivity contribution in [1.82, 2.24) is 10.2 Å². The molecule has 7 heteroatoms. The number of carboxylic acids is 1. The molecule has 23 heavy (non-hydrogen) atoms. The van der Waals surface area contributed by atoms with Gasteiger partial charge in [-0.15, -0.1) is 0 Å². The van der Waals surface area contributed by atoms with Crippen molar-refractivity contribution >= 4 is 11.9 Å². The normalized spacial score (nSPS) is 12.5. The van der Waals surface area contributed by atoms with Crippen LogP contribution in [0, 0.1) is 11.6 Å². The first kappa shape index (κ1) is 19.0. The lowest BCUT2D eigenvalue weighted by Gasteiger charge is -2.24. The Balaban J connectivity index is 2.61. The topological polar surface area (TPSA) is 69.6 Å². The monoisotopic (exact) mass is 328 g/mol. The lowest BCUT2D eigenvalue weighted by molar-refractivity contribution is -0.139. The Morgan fingerprint density at radius 3 is 2.22 bits per heavy atom. The van der Waals surface area contributed by atoms with Gasteiger partial charge >= 0.3 is 5.97 Å². The summed E-state index contributed by atoms with van der Waals surface area (Å²) in [6, 6.07) is 3.02. The molecule has 5 nitrogen and oxygen atoms in total. The molecule has 0 bridgehead atoms. The van der Waals surface area contributed by atoms with Crippen molar-refractivity contribution in [3.8, 4) is 0 Å². The molecule has 0 saturated carbocycles. The van der Waals surface area contributed by atoms with E-state index in [1.807, 2.05) is 0 Å². The molecule has 1 rings (SSSR count). The smallest absolute Gasteiger partial charge is 0.317 e. The van der Waals surface area contributed by atoms with E-state index in [9.17, 15) is 18.4 Å². The van der Waals surface area contributed by atoms with E-state index in [1.165, 1.54) is 23.1 Å². The van der Waals surface area contributed by atoms with Crippen LogP contribution in [0.3, 0.4) is 0 Å². The maximum atomic E-state index is 13.6. The van der Waals surface area contributed by atoms with Gasteiger partial charge in [0.2, 0.25) is 5.91 Å². The first-order valence-electron chi connectivity index (χ1n) is 7.38. The molecule has 0 radical (unpaired) electrons. The first-order chi connectivity index (χ1) is 10.7. The second kappa shape index (κ2) is 8.57. The standard InChI is InChI=1S/C16H22F2N2O3/c1-10(2)20(9-16(22)23)8-15(21)19-11(3)7-12-13(17)5-4-6-14(12)18/h4-6,10-11H,7-9H2,1-3H3,(H,19,21)(H,22,23). The number of benzene rings is 1. The quantitative estimate of drug-likeness (QED) is 0.763. The van der Waals surface area contributed by atoms with Gasteiger partial charge in [-0.05, 0) is 39.3 Å². The highest BCUT2D eigenvalue weighted by Crippen LogP contribution is 2.14. The highest BCUT2D eigenvalue weighted by atomic mass is 19.1. The number of nitrogens with one attached hydrogen (secondary N) is 1. The molecule has 0 saturated heterocycles. The van der Waals surface area contributed by atoms with E-state index in [-0.39, 0.29) is 37.0 Å². The molecule has 128 valence electrons. The molecule has 0 aliphatic carbocycles. The van der Waals surface area contributed by atoms with Gasteiger partial charge in [0.1, 0.15) is 11.6 Å². The number of carbonyl (C=O) groups excluding carboxylic acids is 1. The van der Waals surface area contributed by atoms with Gasteiger partial charge in [0, 0.05) is 17.6 Å². The van der Waals surface area contributed by atoms with Crippen molar-refractivity contribution in [1.29, 1.82) is 0 Å². The molecule has 0 aromatic heterocycles. The highest BCUT2D eigenvalue weighted by Gasteiger charge is 2.19. The minimum absolute atomic E-state index is 0.0187. The lowest BCUT2D eigenvalue weighted by Crippen LogP contribution is -2.45. The minimum Gasteiger partial charge on any atom is -0.480 e. The fourth-order valence-electron chi connectivity index (χ4n) is 2.18. The summed E-state index contributed by atoms with van der Waals surface area (Å²) in [6.07, 6.45) is 0.0187. The maximum Gasteiger partial charge on any atom is 0.317 e. The summed E-state index contributed by atoms with van der Waals surface area (Å²) >= 11 is 0. The molecule has 1 amide bonds. The van der Waals surface area contributed by atoms with Crippen molar-refractivity contribution in [2.24, 2.45) is 0 Å². The predicted octanol–water partition coefficient (Wildman–Crippen LogP) is 1.81. The summed E-state index contributed by atoms with van der Waals surface area (Å²) in [4.78, 5) is 24.2. The Hall–Kier alpha value is -2.02. The predicted molar refractivity (Wildman–Crippen MR) is 82.0 cm³/mol. The van der Waals surface area contributed by atoms with Crippen LogP contribution >= 0.6 is 0 Å². The van der Waals surface area contributed by atoms with Crippen molar-refractivity contribution < 1.29 is 23.5 Å². The SMILES string of the molecule is CC(Cc1c(F)cccc1F)NC(=O)CN(CC(=O)O)C(C)C. The highest BCUT2D eigenvalue weighted by molar-refractivity contribution is 5.79. The molecular weight excluding hydrogens is 306 g/mol. The summed E-state index contributed by atoms with van der Waals surface area (Å²) in [5.41, 5.74) is -0.0773. The molecule has 0 spiro atoms. The third-order valence-corrected chi connectivity index (χ3v) is 3.39. The number of carbonyl (C=O) groups is 2. The fraction of sp³-hybridized carbons (Fsp3) is 0.500. The van der Waals surface area contributed by atoms with Crippen LogP contribution in [0.25, 0.3) is 0 Å². The van der Waals surface area contributed by atoms with Gasteiger partial charge in [-0.3, -0.25) is 14.5 Å². The van der Waals surface area contributed by atoms with E-state index in [0.717, 1.165) is 0 Å². The lowest BCUT2D eigenvalue weighted by atomic mass is 10.1. The largest absolute Gasteiger partial charge is 0.480 e. The van der Waals surface area contributed by atoms with E-state index < -0.39 is 23.6 Å². The minimum atomic E-state index is -1.02. The molecule has 0 heterocycles. The van der Waals surface area contributed by atoms with Gasteiger partial charge in [-0.2, -0.15) is 0 Å². The maximum absolute atomic E-state index is 13.6. The zero-order chi connectivity index (χ0) is 17.6. The van der Waals surface area contributed by atoms with Crippen molar-refractivity contribution in [2.45, 2.75) is 39.3 Å². The van der Waals surface area contributed by atoms with Gasteiger partial charge in [0.15, 0.2) is 0 Å². The summed E-state index contributed by atoms with van der Waals surface area (Å²) in [5, 5.41) is 11.5. The van der Waals surface area contributed by atoms with E-state index >= 15 is 0 Å². The van der Waals surface area contributed by atoms with Gasteiger partial charge in [0.25, 0.3) is 0 Å². The van der Waals surface area contributed by atoms with E-state index in [1.54, 1.807) is 20.8 Å². The molecule has 1 atom stereocenters. The summed E-state index contributed by atoms with van der Waals surface area (Å²) < 4.78 is 27.2. The average Bonchev–Trinajstić information content (AvgIpc) is 2.41. The third kappa shape index (κ3) is 6.32. The van der Waals surface area contributed by atoms with Crippen molar-refractivity contribution in [3.63, 3.8) is 0 Å². The fourth-order valence-corrected chi connectivity index (χ4v) is 2.18. The van der Waals surface area contributed by atoms with Gasteiger partial charge in [-0.1, -0.05) is 6.07 Å². The second-order valence-corrected chi connectivity index (χ2v) is 5.77. The number of carboxylic acid groups (broad SMARTS) is 1. The number of nitrogens with zero attached hydrogens (tertiary/aromatic N) is 1. The van der Waals surface area contributed by atoms with E-state index in [2.05, 4.69) is 5.32 Å². The van der Waals surface area contributed by atoms with Crippen molar-refractivity contribution in [3.05, 3.63) is 35.4 Å². The third-order valence-electron chi connectivity index (χ3n) is 3.39. The number of hydrogen-bond acceptors (Lipinski definition) is 3. The zero-order valence-electron chi connectivity index (χ0n) is 13.5. The van der Waals surface area contributed by atoms with Crippen LogP contribution in [0.4, 0.5) is 8.78 Å². The Morgan fingerprint density at radius 1 is 1.17 bits per heavy atom. The van der Waals surface area contributed by atoms with Gasteiger partial charge in [-0.25, -0.2) is 8.78 Å². The molecule has 1 aromatic carbocycles. The summed E-state index contributed by atoms with van der Waals surface area (Å²) in [6.45, 7) is 4.87. The van der Waals surface area contributed by atoms with Crippen LogP contribution < -0.4 is 5.32 Å². The van der Waals surface area contributed by atoms with E-state index in [0.29, 0.717) is 0 Å². The van der Waals surface area contributed by atoms with Crippen LogP contribution in [-0.2, 0) is 16.0 Å². The number of hydrogen-bond donors (Lipinski definition) is 2. The molecule has 0 aliphatic heterocycles. The average molecular weight is 328 g/mol. The Labute approximate surface area is 134 Å². The number of aliphatic carboxylic acids is 1. The molecule has 0 aliphatic rings. The molecule has 1 aromatic rings. The first-order valence-corrected chi connectivity index (χ1v) is 7.38. The number of rotatable bonds is 8. The molecule has 2 N–H and O–H groups in total. The van der Waals surface area contributed by atoms with Gasteiger partial charge in [0.05, 0.1) is 13.1 Å². The Bertz CT molecular complexity index is 544. The Morgan fingerprint density at radius 2 is 1.74 bits per heavy atom. The number of halogens is 2. The van der Waals surface area contributed by atoms with E-state index in [4.69, 9.17) is 5.11 Å². The van der Waals surface area contributed by atoms with Crippen LogP contribution in [-0.4, -0.2) is 47.1 Å². The summed E-state index contributed by atoms with van der Waals surface area (Å²) in [5.74, 6) is -2.71. The Kier molecular flexibility index (Phi) is 7.09. The summed E-state index contributed by atoms with van der Waals surface area (Å²) in [7, 11) is 0. The van der Waals surface area contributed by atoms with Crippen LogP contribution in [0.1, 0.15) is 26.3 Å². The van der Waals surface area contributed by atoms with Crippen LogP contribution in [0.2, 0.25) is 0 Å².